The van der Waals surface area contributed by atoms with Crippen molar-refractivity contribution in [3.05, 3.63) is 89.5 Å². The molecule has 33 heavy (non-hydrogen) atoms. The van der Waals surface area contributed by atoms with E-state index in [1.165, 1.54) is 13.3 Å². The average molecular weight is 442 g/mol. The van der Waals surface area contributed by atoms with Crippen molar-refractivity contribution in [3.63, 3.8) is 0 Å². The lowest BCUT2D eigenvalue weighted by atomic mass is 10.1. The Morgan fingerprint density at radius 3 is 2.52 bits per heavy atom. The van der Waals surface area contributed by atoms with Gasteiger partial charge in [0.1, 0.15) is 13.0 Å². The minimum atomic E-state index is -0.539. The van der Waals surface area contributed by atoms with Crippen LogP contribution in [-0.4, -0.2) is 25.1 Å². The predicted octanol–water partition coefficient (Wildman–Crippen LogP) is 3.62. The third kappa shape index (κ3) is 6.94. The largest absolute Gasteiger partial charge is 0.493 e. The smallest absolute Gasteiger partial charge is 0.249 e. The van der Waals surface area contributed by atoms with Crippen molar-refractivity contribution in [1.82, 2.24) is 5.43 Å². The summed E-state index contributed by atoms with van der Waals surface area (Å²) in [5, 5.41) is 15.7. The van der Waals surface area contributed by atoms with Gasteiger partial charge in [-0.3, -0.25) is 9.59 Å². The molecule has 3 rings (SSSR count). The minimum Gasteiger partial charge on any atom is -0.493 e. The van der Waals surface area contributed by atoms with Crippen LogP contribution in [0.1, 0.15) is 23.1 Å². The molecule has 0 saturated carbocycles. The molecule has 0 aliphatic rings. The molecule has 3 aromatic carbocycles. The van der Waals surface area contributed by atoms with Gasteiger partial charge in [0, 0.05) is 11.3 Å². The molecule has 0 unspecified atom stereocenters. The second kappa shape index (κ2) is 11.7. The van der Waals surface area contributed by atoms with Crippen molar-refractivity contribution in [2.24, 2.45) is 5.10 Å². The summed E-state index contributed by atoms with van der Waals surface area (Å²) < 4.78 is 11.2. The molecule has 0 radical (unpaired) electrons. The van der Waals surface area contributed by atoms with Gasteiger partial charge >= 0.3 is 0 Å². The van der Waals surface area contributed by atoms with Crippen LogP contribution in [0.15, 0.2) is 77.9 Å². The highest BCUT2D eigenvalue weighted by molar-refractivity contribution is 6.03. The van der Waals surface area contributed by atoms with Crippen LogP contribution in [0.5, 0.6) is 11.5 Å². The summed E-state index contributed by atoms with van der Waals surface area (Å²) in [4.78, 5) is 23.8. The number of rotatable bonds is 9. The first kappa shape index (κ1) is 23.0. The second-order valence-corrected chi connectivity index (χ2v) is 6.85. The van der Waals surface area contributed by atoms with Crippen LogP contribution in [0.2, 0.25) is 0 Å². The van der Waals surface area contributed by atoms with E-state index in [4.69, 9.17) is 9.47 Å². The van der Waals surface area contributed by atoms with Gasteiger partial charge in [-0.1, -0.05) is 36.4 Å². The molecule has 0 aromatic heterocycles. The molecule has 2 N–H and O–H groups in total. The molecule has 0 atom stereocenters. The zero-order valence-corrected chi connectivity index (χ0v) is 17.9. The first-order chi connectivity index (χ1) is 16.1. The number of hydrogen-bond donors (Lipinski definition) is 2. The van der Waals surface area contributed by atoms with E-state index in [0.717, 1.165) is 5.56 Å². The lowest BCUT2D eigenvalue weighted by Crippen LogP contribution is -2.24. The minimum absolute atomic E-state index is 0.217. The van der Waals surface area contributed by atoms with Crippen molar-refractivity contribution in [2.75, 3.05) is 12.4 Å². The Morgan fingerprint density at radius 2 is 1.76 bits per heavy atom. The summed E-state index contributed by atoms with van der Waals surface area (Å²) in [6.07, 6.45) is 1.08. The first-order valence-corrected chi connectivity index (χ1v) is 10.0. The van der Waals surface area contributed by atoms with Crippen LogP contribution >= 0.6 is 0 Å². The number of nitrogens with zero attached hydrogens (tertiary/aromatic N) is 2. The highest BCUT2D eigenvalue weighted by Gasteiger charge is 2.10. The van der Waals surface area contributed by atoms with Gasteiger partial charge in [0.05, 0.1) is 25.0 Å². The van der Waals surface area contributed by atoms with E-state index in [9.17, 15) is 14.9 Å². The van der Waals surface area contributed by atoms with Crippen LogP contribution in [0.25, 0.3) is 0 Å². The summed E-state index contributed by atoms with van der Waals surface area (Å²) in [7, 11) is 1.51. The van der Waals surface area contributed by atoms with Crippen molar-refractivity contribution in [1.29, 1.82) is 5.26 Å². The second-order valence-electron chi connectivity index (χ2n) is 6.85. The predicted molar refractivity (Wildman–Crippen MR) is 124 cm³/mol. The van der Waals surface area contributed by atoms with E-state index in [1.807, 2.05) is 18.2 Å². The number of benzene rings is 3. The van der Waals surface area contributed by atoms with Crippen molar-refractivity contribution in [2.45, 2.75) is 13.0 Å². The molecule has 0 bridgehead atoms. The number of carbonyl (C=O) groups excluding carboxylic acids is 2. The maximum Gasteiger partial charge on any atom is 0.249 e. The molecular formula is C25H22N4O4. The maximum absolute atomic E-state index is 11.9. The van der Waals surface area contributed by atoms with Gasteiger partial charge in [-0.05, 0) is 42.0 Å². The number of hydrogen-bond acceptors (Lipinski definition) is 6. The Bertz CT molecular complexity index is 1190. The van der Waals surface area contributed by atoms with Crippen LogP contribution in [0.4, 0.5) is 5.69 Å². The highest BCUT2D eigenvalue weighted by Crippen LogP contribution is 2.28. The van der Waals surface area contributed by atoms with Crippen molar-refractivity contribution < 1.29 is 19.1 Å². The van der Waals surface area contributed by atoms with Gasteiger partial charge < -0.3 is 14.8 Å². The first-order valence-electron chi connectivity index (χ1n) is 10.0. The lowest BCUT2D eigenvalue weighted by molar-refractivity contribution is -0.126. The SMILES string of the molecule is COc1cc(C=NNC(=O)CC(=O)Nc2ccccc2)ccc1OCc1ccccc1C#N. The zero-order chi connectivity index (χ0) is 23.5. The molecule has 0 heterocycles. The Morgan fingerprint density at radius 1 is 1.00 bits per heavy atom. The van der Waals surface area contributed by atoms with Crippen LogP contribution in [0.3, 0.4) is 0 Å². The number of nitriles is 1. The van der Waals surface area contributed by atoms with E-state index in [0.29, 0.717) is 28.3 Å². The molecule has 166 valence electrons. The molecular weight excluding hydrogens is 420 g/mol. The number of methoxy groups -OCH3 is 1. The fourth-order valence-corrected chi connectivity index (χ4v) is 2.89. The van der Waals surface area contributed by atoms with Crippen molar-refractivity contribution >= 4 is 23.7 Å². The van der Waals surface area contributed by atoms with E-state index >= 15 is 0 Å². The van der Waals surface area contributed by atoms with Gasteiger partial charge in [-0.15, -0.1) is 0 Å². The molecule has 0 spiro atoms. The number of para-hydroxylation sites is 1. The van der Waals surface area contributed by atoms with Gasteiger partial charge in [0.25, 0.3) is 0 Å². The van der Waals surface area contributed by atoms with E-state index in [-0.39, 0.29) is 13.0 Å². The van der Waals surface area contributed by atoms with Gasteiger partial charge in [0.15, 0.2) is 11.5 Å². The summed E-state index contributed by atoms with van der Waals surface area (Å²) >= 11 is 0. The van der Waals surface area contributed by atoms with Crippen LogP contribution in [0, 0.1) is 11.3 Å². The summed E-state index contributed by atoms with van der Waals surface area (Å²) in [6, 6.07) is 23.4. The fraction of sp³-hybridized carbons (Fsp3) is 0.120. The number of carbonyl (C=O) groups is 2. The average Bonchev–Trinajstić information content (AvgIpc) is 2.83. The van der Waals surface area contributed by atoms with E-state index < -0.39 is 11.8 Å². The number of anilines is 1. The summed E-state index contributed by atoms with van der Waals surface area (Å²) in [6.45, 7) is 0.217. The van der Waals surface area contributed by atoms with Crippen molar-refractivity contribution in [3.8, 4) is 17.6 Å². The molecule has 2 amide bonds. The Labute approximate surface area is 191 Å². The number of ether oxygens (including phenoxy) is 2. The zero-order valence-electron chi connectivity index (χ0n) is 17.9. The lowest BCUT2D eigenvalue weighted by Gasteiger charge is -2.12. The normalized spacial score (nSPS) is 10.3. The monoisotopic (exact) mass is 442 g/mol. The molecule has 3 aromatic rings. The van der Waals surface area contributed by atoms with E-state index in [2.05, 4.69) is 21.9 Å². The van der Waals surface area contributed by atoms with E-state index in [1.54, 1.807) is 54.6 Å². The third-order valence-electron chi connectivity index (χ3n) is 4.49. The highest BCUT2D eigenvalue weighted by atomic mass is 16.5. The maximum atomic E-state index is 11.9. The molecule has 0 aliphatic heterocycles. The van der Waals surface area contributed by atoms with Gasteiger partial charge in [-0.25, -0.2) is 5.43 Å². The third-order valence-corrected chi connectivity index (χ3v) is 4.49. The quantitative estimate of drug-likeness (QED) is 0.299. The molecule has 0 aliphatic carbocycles. The molecule has 8 heteroatoms. The standard InChI is InChI=1S/C25H22N4O4/c1-32-23-13-18(11-12-22(23)33-17-20-8-6-5-7-19(20)15-26)16-27-29-25(31)14-24(30)28-21-9-3-2-4-10-21/h2-13,16H,14,17H2,1H3,(H,28,30)(H,29,31). The molecule has 0 fully saturated rings. The molecule has 8 nitrogen and oxygen atoms in total. The fourth-order valence-electron chi connectivity index (χ4n) is 2.89. The number of nitrogens with one attached hydrogen (secondary N) is 2. The summed E-state index contributed by atoms with van der Waals surface area (Å²) in [5.41, 5.74) is 4.92. The topological polar surface area (TPSA) is 113 Å². The summed E-state index contributed by atoms with van der Waals surface area (Å²) in [5.74, 6) is 0.00349. The Kier molecular flexibility index (Phi) is 8.15. The Hall–Kier alpha value is -4.64. The van der Waals surface area contributed by atoms with Crippen LogP contribution in [-0.2, 0) is 16.2 Å². The van der Waals surface area contributed by atoms with Crippen LogP contribution < -0.4 is 20.2 Å². The number of amides is 2. The molecule has 0 saturated heterocycles. The van der Waals surface area contributed by atoms with Gasteiger partial charge in [-0.2, -0.15) is 10.4 Å². The number of hydrazone groups is 1. The van der Waals surface area contributed by atoms with Gasteiger partial charge in [0.2, 0.25) is 11.8 Å². The Balaban J connectivity index is 1.54.